The minimum atomic E-state index is -6.79. The van der Waals surface area contributed by atoms with Crippen molar-refractivity contribution < 1.29 is 71.7 Å². The van der Waals surface area contributed by atoms with E-state index in [4.69, 9.17) is 5.11 Å². The number of hydrogen-bond donors (Lipinski definition) is 1. The van der Waals surface area contributed by atoms with Crippen molar-refractivity contribution in [1.29, 1.82) is 0 Å². The maximum Gasteiger partial charge on any atom is 0.424 e. The van der Waals surface area contributed by atoms with E-state index in [1.807, 2.05) is 0 Å². The quantitative estimate of drug-likeness (QED) is 0.553. The summed E-state index contributed by atoms with van der Waals surface area (Å²) in [7, 11) is 0. The number of rotatable bonds is 5. The summed E-state index contributed by atoms with van der Waals surface area (Å²) in [5.41, 5.74) is 0. The average Bonchev–Trinajstić information content (AvgIpc) is 2.58. The molecule has 0 aromatic rings. The van der Waals surface area contributed by atoms with Crippen molar-refractivity contribution in [2.24, 2.45) is 0 Å². The molecule has 25 heavy (non-hydrogen) atoms. The van der Waals surface area contributed by atoms with Crippen molar-refractivity contribution in [3.05, 3.63) is 0 Å². The first-order chi connectivity index (χ1) is 10.3. The molecular formula is C8H3F13NaO3. The van der Waals surface area contributed by atoms with Gasteiger partial charge in [-0.2, -0.15) is 39.5 Å². The predicted octanol–water partition coefficient (Wildman–Crippen LogP) is 2.99. The third-order valence-electron chi connectivity index (χ3n) is 2.74. The van der Waals surface area contributed by atoms with Crippen molar-refractivity contribution >= 4 is 29.6 Å². The molecule has 0 aromatic heterocycles. The van der Waals surface area contributed by atoms with E-state index in [0.717, 1.165) is 0 Å². The van der Waals surface area contributed by atoms with Crippen LogP contribution in [0.3, 0.4) is 0 Å². The Morgan fingerprint density at radius 1 is 0.720 bits per heavy atom. The number of halogens is 13. The third-order valence-corrected chi connectivity index (χ3v) is 2.74. The largest absolute Gasteiger partial charge is 0.424 e. The summed E-state index contributed by atoms with van der Waals surface area (Å²) in [4.78, 5) is 0. The van der Waals surface area contributed by atoms with Gasteiger partial charge >= 0.3 is 48.6 Å². The van der Waals surface area contributed by atoms with Crippen LogP contribution in [0.15, 0.2) is 0 Å². The summed E-state index contributed by atoms with van der Waals surface area (Å²) in [6.07, 6.45) is -24.3. The van der Waals surface area contributed by atoms with Crippen LogP contribution in [0.25, 0.3) is 0 Å². The van der Waals surface area contributed by atoms with Gasteiger partial charge in [0.2, 0.25) is 0 Å². The van der Waals surface area contributed by atoms with Crippen molar-refractivity contribution in [1.82, 2.24) is 0 Å². The van der Waals surface area contributed by atoms with E-state index in [1.54, 1.807) is 0 Å². The zero-order valence-corrected chi connectivity index (χ0v) is 13.3. The topological polar surface area (TPSA) is 38.7 Å². The summed E-state index contributed by atoms with van der Waals surface area (Å²) < 4.78 is 170. The van der Waals surface area contributed by atoms with Gasteiger partial charge in [0.1, 0.15) is 0 Å². The molecule has 1 aliphatic rings. The van der Waals surface area contributed by atoms with Gasteiger partial charge in [0.25, 0.3) is 0 Å². The Morgan fingerprint density at radius 3 is 1.36 bits per heavy atom. The number of aliphatic hydroxyl groups is 1. The van der Waals surface area contributed by atoms with E-state index in [0.29, 0.717) is 0 Å². The summed E-state index contributed by atoms with van der Waals surface area (Å²) in [6.45, 7) is 0. The van der Waals surface area contributed by atoms with Gasteiger partial charge in [-0.25, -0.2) is 17.6 Å². The summed E-state index contributed by atoms with van der Waals surface area (Å²) in [5, 5.41) is 8.09. The predicted molar refractivity (Wildman–Crippen MR) is 48.5 cm³/mol. The molecule has 0 aromatic carbocycles. The smallest absolute Gasteiger partial charge is 0.332 e. The molecule has 1 heterocycles. The Morgan fingerprint density at radius 2 is 1.08 bits per heavy atom. The number of hydrogen-bond acceptors (Lipinski definition) is 3. The summed E-state index contributed by atoms with van der Waals surface area (Å²) in [6, 6.07) is 0. The molecule has 0 bridgehead atoms. The first-order valence-electron chi connectivity index (χ1n) is 5.19. The molecule has 1 N–H and O–H groups in total. The standard InChI is InChI=1S/C8H3F13O3.Na/c9-1(10)3(13,14)5(17)8(20,21)24-6(23-5,7(18,19)22)4(15,16)2(11)12;/h1-2,22H;. The Bertz CT molecular complexity index is 494. The third kappa shape index (κ3) is 3.22. The molecular weight excluding hydrogens is 414 g/mol. The zero-order chi connectivity index (χ0) is 19.6. The summed E-state index contributed by atoms with van der Waals surface area (Å²) in [5.74, 6) is -26.7. The molecule has 17 heteroatoms. The van der Waals surface area contributed by atoms with Crippen molar-refractivity contribution in [2.45, 2.75) is 48.6 Å². The van der Waals surface area contributed by atoms with Crippen LogP contribution in [0.4, 0.5) is 57.1 Å². The molecule has 1 saturated heterocycles. The van der Waals surface area contributed by atoms with Gasteiger partial charge in [-0.05, 0) is 0 Å². The molecule has 145 valence electrons. The Balaban J connectivity index is 0.00000576. The van der Waals surface area contributed by atoms with Gasteiger partial charge in [-0.3, -0.25) is 9.47 Å². The van der Waals surface area contributed by atoms with Crippen LogP contribution in [-0.2, 0) is 9.47 Å². The first-order valence-corrected chi connectivity index (χ1v) is 5.19. The van der Waals surface area contributed by atoms with E-state index >= 15 is 0 Å². The second kappa shape index (κ2) is 6.54. The van der Waals surface area contributed by atoms with Gasteiger partial charge in [0, 0.05) is 29.6 Å². The van der Waals surface area contributed by atoms with Gasteiger partial charge in [0.15, 0.2) is 0 Å². The van der Waals surface area contributed by atoms with Crippen LogP contribution in [0.2, 0.25) is 0 Å². The van der Waals surface area contributed by atoms with Crippen molar-refractivity contribution in [3.63, 3.8) is 0 Å². The molecule has 0 saturated carbocycles. The van der Waals surface area contributed by atoms with E-state index in [2.05, 4.69) is 9.47 Å². The maximum atomic E-state index is 13.6. The average molecular weight is 417 g/mol. The fraction of sp³-hybridized carbons (Fsp3) is 1.00. The van der Waals surface area contributed by atoms with Crippen LogP contribution in [0, 0.1) is 0 Å². The normalized spacial score (nSPS) is 30.7. The van der Waals surface area contributed by atoms with Gasteiger partial charge in [-0.15, -0.1) is 0 Å². The first kappa shape index (κ1) is 25.0. The minimum Gasteiger partial charge on any atom is -0.332 e. The van der Waals surface area contributed by atoms with Crippen LogP contribution < -0.4 is 0 Å². The molecule has 1 fully saturated rings. The maximum absolute atomic E-state index is 13.6. The van der Waals surface area contributed by atoms with Crippen molar-refractivity contribution in [2.75, 3.05) is 0 Å². The van der Waals surface area contributed by atoms with E-state index in [9.17, 15) is 57.1 Å². The van der Waals surface area contributed by atoms with E-state index in [1.165, 1.54) is 0 Å². The van der Waals surface area contributed by atoms with Gasteiger partial charge < -0.3 is 5.11 Å². The molecule has 1 rings (SSSR count). The van der Waals surface area contributed by atoms with Crippen LogP contribution in [0.1, 0.15) is 0 Å². The second-order valence-electron chi connectivity index (χ2n) is 4.32. The van der Waals surface area contributed by atoms with Gasteiger partial charge in [-0.1, -0.05) is 0 Å². The SMILES string of the molecule is OC(F)(F)C1(C(F)(F)C(F)F)OC(F)(F)C(F)(C(F)(F)C(F)F)O1.[Na]. The second-order valence-corrected chi connectivity index (χ2v) is 4.32. The van der Waals surface area contributed by atoms with E-state index < -0.39 is 48.6 Å². The molecule has 0 aliphatic carbocycles. The fourth-order valence-corrected chi connectivity index (χ4v) is 1.53. The van der Waals surface area contributed by atoms with E-state index in [-0.39, 0.29) is 29.6 Å². The Hall–Kier alpha value is -0.0300. The van der Waals surface area contributed by atoms with Crippen LogP contribution >= 0.6 is 0 Å². The molecule has 3 nitrogen and oxygen atoms in total. The summed E-state index contributed by atoms with van der Waals surface area (Å²) >= 11 is 0. The number of ether oxygens (including phenoxy) is 2. The molecule has 1 radical (unpaired) electrons. The molecule has 0 spiro atoms. The monoisotopic (exact) mass is 417 g/mol. The Labute approximate surface area is 150 Å². The van der Waals surface area contributed by atoms with Gasteiger partial charge in [0.05, 0.1) is 0 Å². The molecule has 2 unspecified atom stereocenters. The molecule has 2 atom stereocenters. The van der Waals surface area contributed by atoms with Crippen molar-refractivity contribution in [3.8, 4) is 0 Å². The Kier molecular flexibility index (Phi) is 6.53. The van der Waals surface area contributed by atoms with Crippen LogP contribution in [-0.4, -0.2) is 83.2 Å². The molecule has 0 amide bonds. The minimum absolute atomic E-state index is 0. The molecule has 1 aliphatic heterocycles. The van der Waals surface area contributed by atoms with Crippen LogP contribution in [0.5, 0.6) is 0 Å². The fourth-order valence-electron chi connectivity index (χ4n) is 1.53. The number of alkyl halides is 13. The zero-order valence-electron chi connectivity index (χ0n) is 11.3.